The van der Waals surface area contributed by atoms with Gasteiger partial charge in [-0.2, -0.15) is 0 Å². The first-order valence-corrected chi connectivity index (χ1v) is 9.05. The summed E-state index contributed by atoms with van der Waals surface area (Å²) in [6, 6.07) is 21.0. The summed E-state index contributed by atoms with van der Waals surface area (Å²) < 4.78 is 12.8. The molecule has 1 heterocycles. The van der Waals surface area contributed by atoms with Gasteiger partial charge in [0, 0.05) is 0 Å². The highest BCUT2D eigenvalue weighted by Crippen LogP contribution is 2.43. The third-order valence-corrected chi connectivity index (χ3v) is 5.37. The molecule has 0 saturated carbocycles. The van der Waals surface area contributed by atoms with E-state index in [0.717, 1.165) is 17.5 Å². The summed E-state index contributed by atoms with van der Waals surface area (Å²) in [6.45, 7) is 10.6. The van der Waals surface area contributed by atoms with Crippen LogP contribution in [0.3, 0.4) is 0 Å². The lowest BCUT2D eigenvalue weighted by Gasteiger charge is -2.32. The van der Waals surface area contributed by atoms with E-state index < -0.39 is 0 Å². The zero-order chi connectivity index (χ0) is 18.1. The number of rotatable bonds is 4. The summed E-state index contributed by atoms with van der Waals surface area (Å²) >= 11 is 0. The summed E-state index contributed by atoms with van der Waals surface area (Å²) in [5, 5.41) is 0. The van der Waals surface area contributed by atoms with Crippen LogP contribution in [0, 0.1) is 0 Å². The molecule has 3 rings (SSSR count). The van der Waals surface area contributed by atoms with E-state index in [1.165, 1.54) is 11.1 Å². The van der Waals surface area contributed by atoms with Crippen LogP contribution in [0.2, 0.25) is 0 Å². The van der Waals surface area contributed by atoms with E-state index in [1.807, 2.05) is 12.1 Å². The van der Waals surface area contributed by atoms with Crippen LogP contribution in [0.15, 0.2) is 60.7 Å². The molecule has 0 spiro atoms. The Balaban J connectivity index is 2.17. The van der Waals surface area contributed by atoms with Gasteiger partial charge in [0.2, 0.25) is 0 Å². The Morgan fingerprint density at radius 3 is 1.64 bits per heavy atom. The van der Waals surface area contributed by atoms with Crippen molar-refractivity contribution >= 4 is 18.2 Å². The van der Waals surface area contributed by atoms with E-state index in [2.05, 4.69) is 83.1 Å². The fourth-order valence-corrected chi connectivity index (χ4v) is 3.22. The van der Waals surface area contributed by atoms with Crippen LogP contribution >= 0.6 is 0 Å². The predicted octanol–water partition coefficient (Wildman–Crippen LogP) is 5.64. The van der Waals surface area contributed by atoms with Crippen LogP contribution in [-0.2, 0) is 9.31 Å². The van der Waals surface area contributed by atoms with Crippen molar-refractivity contribution in [2.75, 3.05) is 0 Å². The zero-order valence-electron chi connectivity index (χ0n) is 15.9. The second-order valence-electron chi connectivity index (χ2n) is 7.57. The lowest BCUT2D eigenvalue weighted by atomic mass is 9.69. The average molecular weight is 334 g/mol. The van der Waals surface area contributed by atoms with Gasteiger partial charge in [-0.25, -0.2) is 0 Å². The van der Waals surface area contributed by atoms with Crippen molar-refractivity contribution in [3.63, 3.8) is 0 Å². The second kappa shape index (κ2) is 6.82. The van der Waals surface area contributed by atoms with Crippen molar-refractivity contribution in [2.45, 2.75) is 52.2 Å². The highest BCUT2D eigenvalue weighted by Gasteiger charge is 2.53. The Bertz CT molecular complexity index is 732. The standard InChI is InChI=1S/C22H27BO2/c1-6-19(17-13-9-7-10-14-17)20(18-15-11-8-12-16-18)23-24-21(2,3)22(4,5)25-23/h7-16H,6H2,1-5H3/b20-19+. The first kappa shape index (κ1) is 18.0. The Labute approximate surface area is 152 Å². The van der Waals surface area contributed by atoms with Gasteiger partial charge in [-0.05, 0) is 56.3 Å². The van der Waals surface area contributed by atoms with Gasteiger partial charge >= 0.3 is 7.12 Å². The average Bonchev–Trinajstić information content (AvgIpc) is 2.81. The lowest BCUT2D eigenvalue weighted by Crippen LogP contribution is -2.41. The first-order chi connectivity index (χ1) is 11.9. The Morgan fingerprint density at radius 2 is 1.20 bits per heavy atom. The van der Waals surface area contributed by atoms with Crippen LogP contribution in [0.4, 0.5) is 0 Å². The number of hydrogen-bond acceptors (Lipinski definition) is 2. The van der Waals surface area contributed by atoms with Gasteiger partial charge in [0.25, 0.3) is 0 Å². The highest BCUT2D eigenvalue weighted by atomic mass is 16.7. The number of hydrogen-bond donors (Lipinski definition) is 0. The van der Waals surface area contributed by atoms with Crippen LogP contribution in [0.5, 0.6) is 0 Å². The van der Waals surface area contributed by atoms with Gasteiger partial charge in [-0.1, -0.05) is 67.6 Å². The summed E-state index contributed by atoms with van der Waals surface area (Å²) in [4.78, 5) is 0. The third-order valence-electron chi connectivity index (χ3n) is 5.37. The van der Waals surface area contributed by atoms with Crippen molar-refractivity contribution in [3.8, 4) is 0 Å². The summed E-state index contributed by atoms with van der Waals surface area (Å²) in [5.74, 6) is 0. The molecule has 25 heavy (non-hydrogen) atoms. The molecule has 0 unspecified atom stereocenters. The van der Waals surface area contributed by atoms with Crippen LogP contribution < -0.4 is 0 Å². The lowest BCUT2D eigenvalue weighted by molar-refractivity contribution is 0.00578. The van der Waals surface area contributed by atoms with E-state index in [4.69, 9.17) is 9.31 Å². The smallest absolute Gasteiger partial charge is 0.399 e. The maximum Gasteiger partial charge on any atom is 0.495 e. The summed E-state index contributed by atoms with van der Waals surface area (Å²) in [5.41, 5.74) is 4.07. The van der Waals surface area contributed by atoms with Gasteiger partial charge in [-0.15, -0.1) is 0 Å². The monoisotopic (exact) mass is 334 g/mol. The normalized spacial score (nSPS) is 19.6. The molecule has 1 saturated heterocycles. The Hall–Kier alpha value is -1.84. The predicted molar refractivity (Wildman–Crippen MR) is 106 cm³/mol. The Morgan fingerprint density at radius 1 is 0.760 bits per heavy atom. The van der Waals surface area contributed by atoms with Gasteiger partial charge in [0.15, 0.2) is 0 Å². The van der Waals surface area contributed by atoms with Gasteiger partial charge < -0.3 is 9.31 Å². The van der Waals surface area contributed by atoms with Crippen molar-refractivity contribution in [2.24, 2.45) is 0 Å². The van der Waals surface area contributed by atoms with Crippen molar-refractivity contribution < 1.29 is 9.31 Å². The third kappa shape index (κ3) is 3.44. The molecule has 1 fully saturated rings. The van der Waals surface area contributed by atoms with E-state index in [-0.39, 0.29) is 18.3 Å². The minimum absolute atomic E-state index is 0.354. The molecule has 130 valence electrons. The minimum atomic E-state index is -0.373. The molecule has 0 aromatic heterocycles. The SMILES string of the molecule is CC/C(=C(\B1OC(C)(C)C(C)(C)O1)c1ccccc1)c1ccccc1. The largest absolute Gasteiger partial charge is 0.495 e. The topological polar surface area (TPSA) is 18.5 Å². The molecule has 2 aromatic rings. The number of allylic oxidation sites excluding steroid dienone is 1. The minimum Gasteiger partial charge on any atom is -0.399 e. The number of benzene rings is 2. The van der Waals surface area contributed by atoms with Crippen molar-refractivity contribution in [3.05, 3.63) is 71.8 Å². The van der Waals surface area contributed by atoms with Gasteiger partial charge in [0.05, 0.1) is 11.2 Å². The molecule has 0 atom stereocenters. The van der Waals surface area contributed by atoms with E-state index in [0.29, 0.717) is 0 Å². The van der Waals surface area contributed by atoms with E-state index >= 15 is 0 Å². The van der Waals surface area contributed by atoms with Crippen LogP contribution in [0.1, 0.15) is 52.2 Å². The van der Waals surface area contributed by atoms with Crippen molar-refractivity contribution in [1.82, 2.24) is 0 Å². The summed E-state index contributed by atoms with van der Waals surface area (Å²) in [6.07, 6.45) is 0.915. The fraction of sp³-hybridized carbons (Fsp3) is 0.364. The van der Waals surface area contributed by atoms with E-state index in [1.54, 1.807) is 0 Å². The molecule has 0 N–H and O–H groups in total. The molecule has 2 aromatic carbocycles. The molecule has 1 aliphatic rings. The van der Waals surface area contributed by atoms with Gasteiger partial charge in [0.1, 0.15) is 0 Å². The van der Waals surface area contributed by atoms with E-state index in [9.17, 15) is 0 Å². The zero-order valence-corrected chi connectivity index (χ0v) is 15.9. The van der Waals surface area contributed by atoms with Crippen LogP contribution in [0.25, 0.3) is 11.0 Å². The highest BCUT2D eigenvalue weighted by molar-refractivity contribution is 6.71. The molecule has 0 amide bonds. The maximum atomic E-state index is 6.40. The van der Waals surface area contributed by atoms with Gasteiger partial charge in [-0.3, -0.25) is 0 Å². The molecule has 0 aliphatic carbocycles. The molecule has 1 aliphatic heterocycles. The quantitative estimate of drug-likeness (QED) is 0.532. The fourth-order valence-electron chi connectivity index (χ4n) is 3.22. The molecular weight excluding hydrogens is 307 g/mol. The molecule has 0 radical (unpaired) electrons. The summed E-state index contributed by atoms with van der Waals surface area (Å²) in [7, 11) is -0.373. The molecule has 2 nitrogen and oxygen atoms in total. The second-order valence-corrected chi connectivity index (χ2v) is 7.57. The van der Waals surface area contributed by atoms with Crippen molar-refractivity contribution in [1.29, 1.82) is 0 Å². The first-order valence-electron chi connectivity index (χ1n) is 9.05. The molecular formula is C22H27BO2. The molecule has 3 heteroatoms. The maximum absolute atomic E-state index is 6.40. The van der Waals surface area contributed by atoms with Crippen LogP contribution in [-0.4, -0.2) is 18.3 Å². The molecule has 0 bridgehead atoms. The Kier molecular flexibility index (Phi) is 4.90.